The summed E-state index contributed by atoms with van der Waals surface area (Å²) in [6.07, 6.45) is 1.40. The number of hydrogen-bond acceptors (Lipinski definition) is 6. The van der Waals surface area contributed by atoms with Crippen LogP contribution in [-0.2, 0) is 13.9 Å². The van der Waals surface area contributed by atoms with Crippen molar-refractivity contribution in [2.45, 2.75) is 25.8 Å². The molecule has 1 heterocycles. The van der Waals surface area contributed by atoms with Crippen LogP contribution in [0.25, 0.3) is 0 Å². The fourth-order valence-electron chi connectivity index (χ4n) is 2.15. The zero-order valence-electron chi connectivity index (χ0n) is 15.5. The highest BCUT2D eigenvalue weighted by Gasteiger charge is 2.34. The molecule has 154 valence electrons. The molecule has 0 radical (unpaired) electrons. The van der Waals surface area contributed by atoms with Gasteiger partial charge in [0, 0.05) is 43.3 Å². The van der Waals surface area contributed by atoms with Crippen molar-refractivity contribution in [2.75, 3.05) is 25.4 Å². The second-order valence-corrected chi connectivity index (χ2v) is 7.20. The Bertz CT molecular complexity index is 722. The maximum Gasteiger partial charge on any atom is 0.257 e. The zero-order chi connectivity index (χ0) is 20.5. The van der Waals surface area contributed by atoms with Crippen molar-refractivity contribution < 1.29 is 23.0 Å². The number of carbonyl (C=O) groups excluding carboxylic acids is 2. The van der Waals surface area contributed by atoms with Crippen LogP contribution >= 0.6 is 23.6 Å². The number of carbonyl (C=O) groups is 2. The van der Waals surface area contributed by atoms with Gasteiger partial charge in [-0.25, -0.2) is 8.67 Å². The van der Waals surface area contributed by atoms with E-state index in [0.29, 0.717) is 18.2 Å². The summed E-state index contributed by atoms with van der Waals surface area (Å²) in [6, 6.07) is 4.39. The lowest BCUT2D eigenvalue weighted by Gasteiger charge is -2.10. The monoisotopic (exact) mass is 431 g/mol. The van der Waals surface area contributed by atoms with Crippen LogP contribution in [0.5, 0.6) is 5.75 Å². The Morgan fingerprint density at radius 1 is 1.43 bits per heavy atom. The molecule has 2 atom stereocenters. The minimum Gasteiger partial charge on any atom is -0.484 e. The number of benzene rings is 1. The van der Waals surface area contributed by atoms with E-state index in [1.54, 1.807) is 0 Å². The quantitative estimate of drug-likeness (QED) is 0.391. The van der Waals surface area contributed by atoms with Gasteiger partial charge in [0.15, 0.2) is 6.61 Å². The summed E-state index contributed by atoms with van der Waals surface area (Å²) in [6.45, 7) is 6.76. The molecule has 2 rings (SSSR count). The normalized spacial score (nSPS) is 17.7. The van der Waals surface area contributed by atoms with Crippen molar-refractivity contribution in [3.8, 4) is 5.75 Å². The highest BCUT2D eigenvalue weighted by atomic mass is 35.5. The van der Waals surface area contributed by atoms with Crippen molar-refractivity contribution in [1.29, 1.82) is 0 Å². The van der Waals surface area contributed by atoms with E-state index >= 15 is 0 Å². The van der Waals surface area contributed by atoms with Crippen molar-refractivity contribution in [1.82, 2.24) is 15.7 Å². The molecule has 1 aromatic rings. The van der Waals surface area contributed by atoms with Crippen LogP contribution in [0.4, 0.5) is 4.39 Å². The van der Waals surface area contributed by atoms with Gasteiger partial charge in [0.2, 0.25) is 5.91 Å². The Morgan fingerprint density at radius 3 is 2.89 bits per heavy atom. The van der Waals surface area contributed by atoms with E-state index in [1.165, 1.54) is 12.1 Å². The molecule has 10 heteroatoms. The first-order chi connectivity index (χ1) is 13.4. The summed E-state index contributed by atoms with van der Waals surface area (Å²) in [4.78, 5) is 23.5. The van der Waals surface area contributed by atoms with Crippen LogP contribution in [0, 0.1) is 5.82 Å². The molecule has 0 saturated carbocycles. The standard InChI is InChI=1S/C18H23ClFN3O4S/c1-3-13-9-23(13)27-28-11-18(25)22-12(2)6-7-21-17(24)10-26-14-4-5-15(19)16(20)8-14/h4-5,8,13H,2-3,6-7,9-11H2,1H3,(H,21,24)(H,22,25). The summed E-state index contributed by atoms with van der Waals surface area (Å²) < 4.78 is 23.8. The zero-order valence-corrected chi connectivity index (χ0v) is 17.1. The van der Waals surface area contributed by atoms with Crippen LogP contribution < -0.4 is 15.4 Å². The molecule has 2 amide bonds. The largest absolute Gasteiger partial charge is 0.484 e. The number of nitrogens with zero attached hydrogens (tertiary/aromatic N) is 1. The van der Waals surface area contributed by atoms with Crippen molar-refractivity contribution >= 4 is 35.5 Å². The third kappa shape index (κ3) is 8.05. The Hall–Kier alpha value is -1.81. The van der Waals surface area contributed by atoms with E-state index in [9.17, 15) is 14.0 Å². The number of hydroxylamine groups is 2. The summed E-state index contributed by atoms with van der Waals surface area (Å²) in [5, 5.41) is 7.09. The van der Waals surface area contributed by atoms with Gasteiger partial charge in [0.05, 0.1) is 11.1 Å². The highest BCUT2D eigenvalue weighted by Crippen LogP contribution is 2.24. The molecule has 7 nitrogen and oxygen atoms in total. The molecule has 0 aromatic heterocycles. The first-order valence-corrected chi connectivity index (χ1v) is 10.1. The fraction of sp³-hybridized carbons (Fsp3) is 0.444. The van der Waals surface area contributed by atoms with Crippen molar-refractivity contribution in [3.63, 3.8) is 0 Å². The topological polar surface area (TPSA) is 79.7 Å². The maximum absolute atomic E-state index is 13.3. The van der Waals surface area contributed by atoms with Gasteiger partial charge in [-0.3, -0.25) is 9.59 Å². The van der Waals surface area contributed by atoms with Gasteiger partial charge in [0.1, 0.15) is 17.3 Å². The predicted molar refractivity (Wildman–Crippen MR) is 106 cm³/mol. The van der Waals surface area contributed by atoms with E-state index in [-0.39, 0.29) is 41.5 Å². The first kappa shape index (κ1) is 22.5. The van der Waals surface area contributed by atoms with Crippen LogP contribution in [-0.4, -0.2) is 48.4 Å². The molecular formula is C18H23ClFN3O4S. The molecule has 1 fully saturated rings. The van der Waals surface area contributed by atoms with Crippen LogP contribution in [0.15, 0.2) is 30.5 Å². The van der Waals surface area contributed by atoms with E-state index in [2.05, 4.69) is 24.1 Å². The molecule has 2 N–H and O–H groups in total. The van der Waals surface area contributed by atoms with E-state index in [4.69, 9.17) is 20.6 Å². The lowest BCUT2D eigenvalue weighted by molar-refractivity contribution is -0.123. The molecule has 1 aliphatic rings. The second-order valence-electron chi connectivity index (χ2n) is 6.11. The van der Waals surface area contributed by atoms with Gasteiger partial charge in [-0.2, -0.15) is 5.06 Å². The van der Waals surface area contributed by atoms with Crippen molar-refractivity contribution in [3.05, 3.63) is 41.3 Å². The third-order valence-corrected chi connectivity index (χ3v) is 4.78. The number of rotatable bonds is 12. The fourth-order valence-corrected chi connectivity index (χ4v) is 2.81. The summed E-state index contributed by atoms with van der Waals surface area (Å²) in [5.41, 5.74) is 0.491. The molecule has 0 bridgehead atoms. The van der Waals surface area contributed by atoms with E-state index in [0.717, 1.165) is 31.1 Å². The molecule has 2 unspecified atom stereocenters. The summed E-state index contributed by atoms with van der Waals surface area (Å²) >= 11 is 6.66. The lowest BCUT2D eigenvalue weighted by atomic mass is 10.3. The number of halogens is 2. The molecular weight excluding hydrogens is 409 g/mol. The number of hydrogen-bond donors (Lipinski definition) is 2. The SMILES string of the molecule is C=C(CCNC(=O)COc1ccc(Cl)c(F)c1)NC(=O)CSON1CC1CC. The van der Waals surface area contributed by atoms with Crippen molar-refractivity contribution in [2.24, 2.45) is 0 Å². The van der Waals surface area contributed by atoms with Gasteiger partial charge in [0.25, 0.3) is 5.91 Å². The molecule has 0 aliphatic carbocycles. The van der Waals surface area contributed by atoms with Gasteiger partial charge in [-0.1, -0.05) is 25.1 Å². The highest BCUT2D eigenvalue weighted by molar-refractivity contribution is 7.95. The van der Waals surface area contributed by atoms with Gasteiger partial charge < -0.3 is 15.4 Å². The smallest absolute Gasteiger partial charge is 0.257 e. The van der Waals surface area contributed by atoms with E-state index in [1.807, 2.05) is 5.06 Å². The van der Waals surface area contributed by atoms with Crippen LogP contribution in [0.2, 0.25) is 5.02 Å². The number of nitrogens with one attached hydrogen (secondary N) is 2. The molecule has 1 aliphatic heterocycles. The molecule has 28 heavy (non-hydrogen) atoms. The third-order valence-electron chi connectivity index (χ3n) is 3.80. The number of ether oxygens (including phenoxy) is 1. The van der Waals surface area contributed by atoms with Gasteiger partial charge in [-0.15, -0.1) is 0 Å². The van der Waals surface area contributed by atoms with Gasteiger partial charge >= 0.3 is 0 Å². The average Bonchev–Trinajstić information content (AvgIpc) is 3.41. The molecule has 1 saturated heterocycles. The Labute approximate surface area is 172 Å². The van der Waals surface area contributed by atoms with Crippen LogP contribution in [0.3, 0.4) is 0 Å². The van der Waals surface area contributed by atoms with Gasteiger partial charge in [-0.05, 0) is 18.6 Å². The first-order valence-electron chi connectivity index (χ1n) is 8.77. The Morgan fingerprint density at radius 2 is 2.21 bits per heavy atom. The molecule has 1 aromatic carbocycles. The van der Waals surface area contributed by atoms with Crippen LogP contribution in [0.1, 0.15) is 19.8 Å². The van der Waals surface area contributed by atoms with E-state index < -0.39 is 5.82 Å². The maximum atomic E-state index is 13.3. The number of amides is 2. The summed E-state index contributed by atoms with van der Waals surface area (Å²) in [5.74, 6) is -0.841. The average molecular weight is 432 g/mol. The summed E-state index contributed by atoms with van der Waals surface area (Å²) in [7, 11) is 0. The Kier molecular flexibility index (Phi) is 9.04. The minimum atomic E-state index is -0.616. The Balaban J connectivity index is 1.52. The minimum absolute atomic E-state index is 0.0162. The lowest BCUT2D eigenvalue weighted by Crippen LogP contribution is -2.32. The second kappa shape index (κ2) is 11.3. The molecule has 0 spiro atoms. The predicted octanol–water partition coefficient (Wildman–Crippen LogP) is 2.67.